The summed E-state index contributed by atoms with van der Waals surface area (Å²) in [6.45, 7) is 7.81. The van der Waals surface area contributed by atoms with E-state index in [2.05, 4.69) is 19.2 Å². The van der Waals surface area contributed by atoms with Crippen molar-refractivity contribution < 1.29 is 9.90 Å². The summed E-state index contributed by atoms with van der Waals surface area (Å²) in [5.74, 6) is 0.305. The Bertz CT molecular complexity index is 289. The smallest absolute Gasteiger partial charge is 0.230 e. The molecular weight excluding hydrogens is 264 g/mol. The predicted molar refractivity (Wildman–Crippen MR) is 87.3 cm³/mol. The van der Waals surface area contributed by atoms with Gasteiger partial charge in [0.25, 0.3) is 0 Å². The Labute approximate surface area is 130 Å². The molecule has 0 aromatic carbocycles. The van der Waals surface area contributed by atoms with Gasteiger partial charge in [0, 0.05) is 26.2 Å². The van der Waals surface area contributed by atoms with E-state index in [0.29, 0.717) is 18.9 Å². The number of rotatable bonds is 11. The van der Waals surface area contributed by atoms with Crippen LogP contribution in [0.25, 0.3) is 0 Å². The van der Waals surface area contributed by atoms with E-state index in [9.17, 15) is 4.79 Å². The summed E-state index contributed by atoms with van der Waals surface area (Å²) in [6, 6.07) is 0. The highest BCUT2D eigenvalue weighted by Crippen LogP contribution is 2.32. The minimum absolute atomic E-state index is 0.164. The molecule has 1 unspecified atom stereocenters. The van der Waals surface area contributed by atoms with Crippen molar-refractivity contribution in [3.63, 3.8) is 0 Å². The molecule has 1 heterocycles. The molecule has 4 nitrogen and oxygen atoms in total. The highest BCUT2D eigenvalue weighted by atomic mass is 16.3. The first-order chi connectivity index (χ1) is 10.2. The number of hydrogen-bond donors (Lipinski definition) is 2. The van der Waals surface area contributed by atoms with Crippen molar-refractivity contribution in [2.75, 3.05) is 32.8 Å². The predicted octanol–water partition coefficient (Wildman–Crippen LogP) is 2.56. The van der Waals surface area contributed by atoms with E-state index in [-0.39, 0.29) is 12.0 Å². The van der Waals surface area contributed by atoms with Crippen molar-refractivity contribution in [2.45, 2.75) is 65.2 Å². The van der Waals surface area contributed by atoms with Gasteiger partial charge in [0.15, 0.2) is 0 Å². The second-order valence-electron chi connectivity index (χ2n) is 6.34. The third-order valence-electron chi connectivity index (χ3n) is 4.78. The van der Waals surface area contributed by atoms with E-state index < -0.39 is 0 Å². The average Bonchev–Trinajstić information content (AvgIpc) is 2.99. The molecule has 1 aliphatic rings. The Hall–Kier alpha value is -0.610. The van der Waals surface area contributed by atoms with Crippen LogP contribution in [0.2, 0.25) is 0 Å². The van der Waals surface area contributed by atoms with Gasteiger partial charge in [-0.15, -0.1) is 0 Å². The van der Waals surface area contributed by atoms with Crippen LogP contribution in [-0.2, 0) is 4.79 Å². The maximum absolute atomic E-state index is 12.9. The number of hydrogen-bond acceptors (Lipinski definition) is 3. The van der Waals surface area contributed by atoms with E-state index in [1.54, 1.807) is 0 Å². The first-order valence-corrected chi connectivity index (χ1v) is 8.81. The van der Waals surface area contributed by atoms with Gasteiger partial charge >= 0.3 is 0 Å². The summed E-state index contributed by atoms with van der Waals surface area (Å²) in [4.78, 5) is 14.9. The largest absolute Gasteiger partial charge is 0.396 e. The van der Waals surface area contributed by atoms with Gasteiger partial charge in [-0.05, 0) is 32.2 Å². The second kappa shape index (κ2) is 10.2. The molecule has 0 bridgehead atoms. The maximum Gasteiger partial charge on any atom is 0.230 e. The van der Waals surface area contributed by atoms with Gasteiger partial charge in [0.1, 0.15) is 0 Å². The number of carbonyl (C=O) groups is 1. The Kier molecular flexibility index (Phi) is 8.93. The lowest BCUT2D eigenvalue weighted by Gasteiger charge is -2.33. The maximum atomic E-state index is 12.9. The second-order valence-corrected chi connectivity index (χ2v) is 6.34. The molecule has 1 fully saturated rings. The summed E-state index contributed by atoms with van der Waals surface area (Å²) in [6.07, 6.45) is 8.63. The molecule has 21 heavy (non-hydrogen) atoms. The topological polar surface area (TPSA) is 52.6 Å². The van der Waals surface area contributed by atoms with Gasteiger partial charge in [-0.2, -0.15) is 0 Å². The number of nitrogens with one attached hydrogen (secondary N) is 1. The monoisotopic (exact) mass is 298 g/mol. The number of nitrogens with zero attached hydrogens (tertiary/aromatic N) is 1. The van der Waals surface area contributed by atoms with Gasteiger partial charge < -0.3 is 15.3 Å². The fourth-order valence-corrected chi connectivity index (χ4v) is 3.20. The fourth-order valence-electron chi connectivity index (χ4n) is 3.20. The van der Waals surface area contributed by atoms with Crippen LogP contribution in [0.4, 0.5) is 0 Å². The molecule has 1 rings (SSSR count). The summed E-state index contributed by atoms with van der Waals surface area (Å²) < 4.78 is 0. The first kappa shape index (κ1) is 18.4. The van der Waals surface area contributed by atoms with Crippen LogP contribution in [0.15, 0.2) is 0 Å². The van der Waals surface area contributed by atoms with Crippen molar-refractivity contribution >= 4 is 5.91 Å². The Balaban J connectivity index is 2.52. The summed E-state index contributed by atoms with van der Waals surface area (Å²) in [5, 5.41) is 12.4. The molecule has 0 saturated carbocycles. The van der Waals surface area contributed by atoms with Gasteiger partial charge in [-0.25, -0.2) is 0 Å². The summed E-state index contributed by atoms with van der Waals surface area (Å²) in [5.41, 5.74) is -0.196. The molecule has 1 atom stereocenters. The molecule has 124 valence electrons. The van der Waals surface area contributed by atoms with Gasteiger partial charge in [0.05, 0.1) is 5.41 Å². The highest BCUT2D eigenvalue weighted by Gasteiger charge is 2.41. The third kappa shape index (κ3) is 5.59. The molecule has 2 N–H and O–H groups in total. The summed E-state index contributed by atoms with van der Waals surface area (Å²) >= 11 is 0. The molecular formula is C17H34N2O2. The van der Waals surface area contributed by atoms with E-state index in [0.717, 1.165) is 38.9 Å². The van der Waals surface area contributed by atoms with Crippen molar-refractivity contribution in [3.8, 4) is 0 Å². The van der Waals surface area contributed by atoms with Gasteiger partial charge in [-0.1, -0.05) is 39.5 Å². The lowest BCUT2D eigenvalue weighted by molar-refractivity contribution is -0.141. The molecule has 0 aliphatic carbocycles. The SMILES string of the molecule is CCCCCCCN(CCCO)C(=O)C1(CC)CCNC1. The Morgan fingerprint density at radius 3 is 2.43 bits per heavy atom. The molecule has 4 heteroatoms. The van der Waals surface area contributed by atoms with Crippen molar-refractivity contribution in [3.05, 3.63) is 0 Å². The zero-order chi connectivity index (χ0) is 15.6. The molecule has 0 spiro atoms. The van der Waals surface area contributed by atoms with E-state index in [4.69, 9.17) is 5.11 Å². The van der Waals surface area contributed by atoms with Crippen molar-refractivity contribution in [2.24, 2.45) is 5.41 Å². The van der Waals surface area contributed by atoms with Crippen molar-refractivity contribution in [1.82, 2.24) is 10.2 Å². The Morgan fingerprint density at radius 2 is 1.86 bits per heavy atom. The number of amides is 1. The Morgan fingerprint density at radius 1 is 1.14 bits per heavy atom. The van der Waals surface area contributed by atoms with Crippen LogP contribution < -0.4 is 5.32 Å². The van der Waals surface area contributed by atoms with Crippen LogP contribution in [0.1, 0.15) is 65.2 Å². The number of unbranched alkanes of at least 4 members (excludes halogenated alkanes) is 4. The normalized spacial score (nSPS) is 21.7. The molecule has 1 saturated heterocycles. The first-order valence-electron chi connectivity index (χ1n) is 8.81. The number of aliphatic hydroxyl groups excluding tert-OH is 1. The molecule has 0 aromatic heterocycles. The van der Waals surface area contributed by atoms with Crippen LogP contribution in [0.5, 0.6) is 0 Å². The van der Waals surface area contributed by atoms with Crippen LogP contribution in [-0.4, -0.2) is 48.7 Å². The standard InChI is InChI=1S/C17H34N2O2/c1-3-5-6-7-8-12-19(13-9-14-20)16(21)17(4-2)10-11-18-15-17/h18,20H,3-15H2,1-2H3. The average molecular weight is 298 g/mol. The van der Waals surface area contributed by atoms with E-state index >= 15 is 0 Å². The molecule has 0 aromatic rings. The lowest BCUT2D eigenvalue weighted by Crippen LogP contribution is -2.46. The zero-order valence-corrected chi connectivity index (χ0v) is 14.0. The highest BCUT2D eigenvalue weighted by molar-refractivity contribution is 5.83. The lowest BCUT2D eigenvalue weighted by atomic mass is 9.82. The van der Waals surface area contributed by atoms with Crippen LogP contribution >= 0.6 is 0 Å². The minimum Gasteiger partial charge on any atom is -0.396 e. The minimum atomic E-state index is -0.196. The van der Waals surface area contributed by atoms with Crippen LogP contribution in [0.3, 0.4) is 0 Å². The number of aliphatic hydroxyl groups is 1. The summed E-state index contributed by atoms with van der Waals surface area (Å²) in [7, 11) is 0. The molecule has 1 aliphatic heterocycles. The van der Waals surface area contributed by atoms with E-state index in [1.807, 2.05) is 4.90 Å². The van der Waals surface area contributed by atoms with Crippen LogP contribution in [0, 0.1) is 5.41 Å². The third-order valence-corrected chi connectivity index (χ3v) is 4.78. The van der Waals surface area contributed by atoms with Gasteiger partial charge in [0.2, 0.25) is 5.91 Å². The quantitative estimate of drug-likeness (QED) is 0.576. The zero-order valence-electron chi connectivity index (χ0n) is 14.0. The van der Waals surface area contributed by atoms with E-state index in [1.165, 1.54) is 25.7 Å². The molecule has 1 amide bonds. The number of carbonyl (C=O) groups excluding carboxylic acids is 1. The molecule has 0 radical (unpaired) electrons. The van der Waals surface area contributed by atoms with Gasteiger partial charge in [-0.3, -0.25) is 4.79 Å². The van der Waals surface area contributed by atoms with Crippen molar-refractivity contribution in [1.29, 1.82) is 0 Å². The fraction of sp³-hybridized carbons (Fsp3) is 0.941.